The quantitative estimate of drug-likeness (QED) is 0.629. The molecular formula is C22H20O3. The van der Waals surface area contributed by atoms with Crippen molar-refractivity contribution in [3.8, 4) is 11.8 Å². The average Bonchev–Trinajstić information content (AvgIpc) is 2.98. The van der Waals surface area contributed by atoms with Crippen LogP contribution in [-0.4, -0.2) is 19.2 Å². The highest BCUT2D eigenvalue weighted by molar-refractivity contribution is 5.99. The molecule has 0 bridgehead atoms. The Kier molecular flexibility index (Phi) is 5.20. The monoisotopic (exact) mass is 332 g/mol. The second kappa shape index (κ2) is 7.72. The van der Waals surface area contributed by atoms with Crippen LogP contribution >= 0.6 is 0 Å². The van der Waals surface area contributed by atoms with E-state index in [2.05, 4.69) is 11.8 Å². The molecule has 0 unspecified atom stereocenters. The van der Waals surface area contributed by atoms with Crippen LogP contribution in [0.2, 0.25) is 0 Å². The molecule has 0 spiro atoms. The van der Waals surface area contributed by atoms with Crippen LogP contribution in [0.4, 0.5) is 0 Å². The molecule has 0 amide bonds. The molecule has 25 heavy (non-hydrogen) atoms. The number of hydrogen-bond donors (Lipinski definition) is 0. The van der Waals surface area contributed by atoms with E-state index in [9.17, 15) is 4.79 Å². The highest BCUT2D eigenvalue weighted by atomic mass is 16.5. The zero-order chi connectivity index (χ0) is 17.6. The first-order valence-corrected chi connectivity index (χ1v) is 8.36. The van der Waals surface area contributed by atoms with Gasteiger partial charge in [-0.1, -0.05) is 47.7 Å². The molecule has 3 nitrogen and oxygen atoms in total. The largest absolute Gasteiger partial charge is 0.480 e. The number of esters is 1. The van der Waals surface area contributed by atoms with Crippen LogP contribution in [-0.2, 0) is 20.7 Å². The highest BCUT2D eigenvalue weighted by Gasteiger charge is 2.28. The Balaban J connectivity index is 1.82. The number of carbonyl (C=O) groups is 1. The summed E-state index contributed by atoms with van der Waals surface area (Å²) in [4.78, 5) is 12.3. The van der Waals surface area contributed by atoms with Gasteiger partial charge in [0.15, 0.2) is 0 Å². The molecule has 2 aromatic carbocycles. The number of hydrogen-bond acceptors (Lipinski definition) is 3. The van der Waals surface area contributed by atoms with Gasteiger partial charge in [-0.2, -0.15) is 0 Å². The fourth-order valence-electron chi connectivity index (χ4n) is 2.80. The molecule has 126 valence electrons. The number of carbonyl (C=O) groups excluding carboxylic acids is 1. The van der Waals surface area contributed by atoms with Crippen molar-refractivity contribution in [3.63, 3.8) is 0 Å². The molecule has 0 aliphatic heterocycles. The second-order valence-electron chi connectivity index (χ2n) is 5.82. The molecule has 0 saturated heterocycles. The lowest BCUT2D eigenvalue weighted by molar-refractivity contribution is -0.138. The molecule has 1 aliphatic carbocycles. The van der Waals surface area contributed by atoms with Crippen molar-refractivity contribution in [1.82, 2.24) is 0 Å². The lowest BCUT2D eigenvalue weighted by atomic mass is 10.1. The Morgan fingerprint density at radius 1 is 1.16 bits per heavy atom. The van der Waals surface area contributed by atoms with Crippen molar-refractivity contribution in [2.24, 2.45) is 0 Å². The Labute approximate surface area is 148 Å². The first kappa shape index (κ1) is 16.9. The van der Waals surface area contributed by atoms with Crippen LogP contribution in [0.1, 0.15) is 29.2 Å². The van der Waals surface area contributed by atoms with Gasteiger partial charge in [-0.05, 0) is 37.6 Å². The third-order valence-electron chi connectivity index (χ3n) is 3.97. The molecule has 3 heteroatoms. The molecular weight excluding hydrogens is 312 g/mol. The molecule has 3 rings (SSSR count). The molecule has 1 aliphatic rings. The molecule has 2 aromatic rings. The van der Waals surface area contributed by atoms with E-state index >= 15 is 0 Å². The van der Waals surface area contributed by atoms with Gasteiger partial charge in [0.1, 0.15) is 12.4 Å². The Morgan fingerprint density at radius 3 is 2.72 bits per heavy atom. The molecule has 0 heterocycles. The smallest absolute Gasteiger partial charge is 0.338 e. The fourth-order valence-corrected chi connectivity index (χ4v) is 2.80. The van der Waals surface area contributed by atoms with Crippen LogP contribution in [0.3, 0.4) is 0 Å². The maximum Gasteiger partial charge on any atom is 0.338 e. The van der Waals surface area contributed by atoms with Gasteiger partial charge in [0.05, 0.1) is 12.2 Å². The average molecular weight is 332 g/mol. The van der Waals surface area contributed by atoms with Crippen molar-refractivity contribution in [2.45, 2.75) is 20.3 Å². The third kappa shape index (κ3) is 3.92. The predicted molar refractivity (Wildman–Crippen MR) is 97.7 cm³/mol. The van der Waals surface area contributed by atoms with E-state index in [1.54, 1.807) is 6.92 Å². The van der Waals surface area contributed by atoms with Gasteiger partial charge in [-0.25, -0.2) is 4.79 Å². The summed E-state index contributed by atoms with van der Waals surface area (Å²) in [5.41, 5.74) is 4.68. The number of rotatable bonds is 4. The van der Waals surface area contributed by atoms with Crippen molar-refractivity contribution < 1.29 is 14.3 Å². The van der Waals surface area contributed by atoms with Gasteiger partial charge in [0.25, 0.3) is 0 Å². The SMILES string of the molecule is CCOC(=O)C1=C(OCC#Cc2ccccc2)c2cc(C)ccc2C1. The third-order valence-corrected chi connectivity index (χ3v) is 3.97. The van der Waals surface area contributed by atoms with Gasteiger partial charge in [0, 0.05) is 17.5 Å². The number of benzene rings is 2. The maximum absolute atomic E-state index is 12.3. The standard InChI is InChI=1S/C22H20O3/c1-3-24-22(23)20-15-18-12-11-16(2)14-19(18)21(20)25-13-7-10-17-8-5-4-6-9-17/h4-6,8-9,11-12,14H,3,13,15H2,1-2H3. The van der Waals surface area contributed by atoms with Gasteiger partial charge < -0.3 is 9.47 Å². The first-order chi connectivity index (χ1) is 12.2. The summed E-state index contributed by atoms with van der Waals surface area (Å²) >= 11 is 0. The van der Waals surface area contributed by atoms with Gasteiger partial charge >= 0.3 is 5.97 Å². The van der Waals surface area contributed by atoms with E-state index in [1.807, 2.05) is 55.5 Å². The van der Waals surface area contributed by atoms with E-state index in [0.717, 1.165) is 22.3 Å². The Hall–Kier alpha value is -2.99. The minimum atomic E-state index is -0.317. The summed E-state index contributed by atoms with van der Waals surface area (Å²) in [5.74, 6) is 6.35. The molecule has 0 radical (unpaired) electrons. The maximum atomic E-state index is 12.3. The van der Waals surface area contributed by atoms with Crippen molar-refractivity contribution in [3.05, 3.63) is 76.4 Å². The second-order valence-corrected chi connectivity index (χ2v) is 5.82. The summed E-state index contributed by atoms with van der Waals surface area (Å²) in [5, 5.41) is 0. The lowest BCUT2D eigenvalue weighted by Crippen LogP contribution is -2.09. The minimum absolute atomic E-state index is 0.223. The zero-order valence-electron chi connectivity index (χ0n) is 14.5. The van der Waals surface area contributed by atoms with Crippen LogP contribution in [0, 0.1) is 18.8 Å². The van der Waals surface area contributed by atoms with Crippen molar-refractivity contribution in [2.75, 3.05) is 13.2 Å². The van der Waals surface area contributed by atoms with Crippen LogP contribution in [0.25, 0.3) is 5.76 Å². The fraction of sp³-hybridized carbons (Fsp3) is 0.227. The topological polar surface area (TPSA) is 35.5 Å². The highest BCUT2D eigenvalue weighted by Crippen LogP contribution is 2.34. The van der Waals surface area contributed by atoms with Gasteiger partial charge in [-0.15, -0.1) is 0 Å². The molecule has 0 N–H and O–H groups in total. The molecule has 0 aromatic heterocycles. The summed E-state index contributed by atoms with van der Waals surface area (Å²) in [7, 11) is 0. The van der Waals surface area contributed by atoms with Crippen LogP contribution in [0.15, 0.2) is 54.1 Å². The van der Waals surface area contributed by atoms with E-state index in [-0.39, 0.29) is 12.6 Å². The Bertz CT molecular complexity index is 867. The molecule has 0 saturated carbocycles. The van der Waals surface area contributed by atoms with Gasteiger partial charge in [-0.3, -0.25) is 0 Å². The zero-order valence-corrected chi connectivity index (χ0v) is 14.5. The normalized spacial score (nSPS) is 12.2. The molecule has 0 atom stereocenters. The van der Waals surface area contributed by atoms with Crippen LogP contribution in [0.5, 0.6) is 0 Å². The predicted octanol–water partition coefficient (Wildman–Crippen LogP) is 3.89. The number of ether oxygens (including phenoxy) is 2. The van der Waals surface area contributed by atoms with Crippen molar-refractivity contribution >= 4 is 11.7 Å². The van der Waals surface area contributed by atoms with E-state index in [1.165, 1.54) is 0 Å². The number of fused-ring (bicyclic) bond motifs is 1. The first-order valence-electron chi connectivity index (χ1n) is 8.36. The van der Waals surface area contributed by atoms with Crippen molar-refractivity contribution in [1.29, 1.82) is 0 Å². The van der Waals surface area contributed by atoms with Gasteiger partial charge in [0.2, 0.25) is 0 Å². The van der Waals surface area contributed by atoms with E-state index in [4.69, 9.17) is 9.47 Å². The Morgan fingerprint density at radius 2 is 1.96 bits per heavy atom. The van der Waals surface area contributed by atoms with E-state index in [0.29, 0.717) is 24.4 Å². The summed E-state index contributed by atoms with van der Waals surface area (Å²) in [6.45, 7) is 4.39. The summed E-state index contributed by atoms with van der Waals surface area (Å²) < 4.78 is 11.1. The van der Waals surface area contributed by atoms with Crippen LogP contribution < -0.4 is 0 Å². The number of aryl methyl sites for hydroxylation is 1. The lowest BCUT2D eigenvalue weighted by Gasteiger charge is -2.09. The minimum Gasteiger partial charge on any atom is -0.480 e. The molecule has 0 fully saturated rings. The summed E-state index contributed by atoms with van der Waals surface area (Å²) in [6, 6.07) is 15.9. The summed E-state index contributed by atoms with van der Waals surface area (Å²) in [6.07, 6.45) is 0.538. The van der Waals surface area contributed by atoms with E-state index < -0.39 is 0 Å².